The van der Waals surface area contributed by atoms with Crippen LogP contribution >= 0.6 is 23.2 Å². The number of halogens is 2. The average molecular weight is 288 g/mol. The Balaban J connectivity index is 2.24. The molecule has 0 radical (unpaired) electrons. The lowest BCUT2D eigenvalue weighted by molar-refractivity contribution is -0.143. The highest BCUT2D eigenvalue weighted by atomic mass is 35.5. The van der Waals surface area contributed by atoms with E-state index in [1.165, 1.54) is 18.2 Å². The van der Waals surface area contributed by atoms with Crippen LogP contribution in [0.5, 0.6) is 0 Å². The minimum atomic E-state index is -1.11. The molecule has 0 bridgehead atoms. The quantitative estimate of drug-likeness (QED) is 0.832. The second-order valence-corrected chi connectivity index (χ2v) is 5.23. The summed E-state index contributed by atoms with van der Waals surface area (Å²) in [5.74, 6) is -1.85. The number of hydrogen-bond donors (Lipinski definition) is 2. The molecule has 6 heteroatoms. The second-order valence-electron chi connectivity index (χ2n) is 4.42. The van der Waals surface area contributed by atoms with E-state index in [2.05, 4.69) is 0 Å². The molecule has 2 rings (SSSR count). The van der Waals surface area contributed by atoms with Crippen molar-refractivity contribution in [2.75, 3.05) is 6.54 Å². The highest BCUT2D eigenvalue weighted by Crippen LogP contribution is 2.53. The van der Waals surface area contributed by atoms with Crippen molar-refractivity contribution in [1.29, 1.82) is 0 Å². The van der Waals surface area contributed by atoms with Crippen molar-refractivity contribution in [2.24, 2.45) is 17.1 Å². The van der Waals surface area contributed by atoms with E-state index in [4.69, 9.17) is 34.0 Å². The molecule has 96 valence electrons. The van der Waals surface area contributed by atoms with Crippen LogP contribution in [0.15, 0.2) is 18.2 Å². The zero-order chi connectivity index (χ0) is 13.5. The molecule has 1 aromatic rings. The summed E-state index contributed by atoms with van der Waals surface area (Å²) in [6, 6.07) is 4.51. The lowest BCUT2D eigenvalue weighted by Crippen LogP contribution is -2.29. The monoisotopic (exact) mass is 287 g/mol. The van der Waals surface area contributed by atoms with Gasteiger partial charge >= 0.3 is 5.97 Å². The van der Waals surface area contributed by atoms with E-state index in [1.54, 1.807) is 0 Å². The number of ketones is 1. The number of carbonyl (C=O) groups is 2. The molecule has 0 heterocycles. The Kier molecular flexibility index (Phi) is 3.36. The SMILES string of the molecule is NCC1(C(=O)O)CC1C(=O)c1ccc(Cl)c(Cl)c1. The third-order valence-electron chi connectivity index (χ3n) is 3.39. The first-order valence-electron chi connectivity index (χ1n) is 5.35. The van der Waals surface area contributed by atoms with Gasteiger partial charge in [-0.2, -0.15) is 0 Å². The van der Waals surface area contributed by atoms with Crippen LogP contribution in [0, 0.1) is 11.3 Å². The summed E-state index contributed by atoms with van der Waals surface area (Å²) >= 11 is 11.6. The molecule has 18 heavy (non-hydrogen) atoms. The second kappa shape index (κ2) is 4.53. The van der Waals surface area contributed by atoms with Gasteiger partial charge in [0.25, 0.3) is 0 Å². The average Bonchev–Trinajstić information content (AvgIpc) is 3.08. The predicted molar refractivity (Wildman–Crippen MR) is 68.0 cm³/mol. The molecule has 2 atom stereocenters. The van der Waals surface area contributed by atoms with E-state index >= 15 is 0 Å². The van der Waals surface area contributed by atoms with Crippen molar-refractivity contribution < 1.29 is 14.7 Å². The maximum atomic E-state index is 12.1. The number of carbonyl (C=O) groups excluding carboxylic acids is 1. The number of Topliss-reactive ketones (excluding diaryl/α,β-unsaturated/α-hetero) is 1. The molecule has 1 aliphatic carbocycles. The molecule has 1 aliphatic rings. The Morgan fingerprint density at radius 3 is 2.50 bits per heavy atom. The van der Waals surface area contributed by atoms with Crippen molar-refractivity contribution in [3.63, 3.8) is 0 Å². The molecule has 1 saturated carbocycles. The normalized spacial score (nSPS) is 25.8. The smallest absolute Gasteiger partial charge is 0.311 e. The topological polar surface area (TPSA) is 80.4 Å². The Labute approximate surface area is 114 Å². The van der Waals surface area contributed by atoms with Gasteiger partial charge in [0, 0.05) is 18.0 Å². The standard InChI is InChI=1S/C12H11Cl2NO3/c13-8-2-1-6(3-9(8)14)10(16)7-4-12(7,5-15)11(17)18/h1-3,7H,4-5,15H2,(H,17,18). The molecule has 1 fully saturated rings. The minimum Gasteiger partial charge on any atom is -0.481 e. The van der Waals surface area contributed by atoms with Gasteiger partial charge < -0.3 is 10.8 Å². The number of benzene rings is 1. The third kappa shape index (κ3) is 2.00. The van der Waals surface area contributed by atoms with E-state index in [0.29, 0.717) is 10.6 Å². The van der Waals surface area contributed by atoms with Gasteiger partial charge in [0.2, 0.25) is 0 Å². The van der Waals surface area contributed by atoms with Gasteiger partial charge in [-0.25, -0.2) is 0 Å². The molecule has 0 amide bonds. The highest BCUT2D eigenvalue weighted by Gasteiger charge is 2.62. The maximum absolute atomic E-state index is 12.1. The van der Waals surface area contributed by atoms with E-state index in [-0.39, 0.29) is 23.8 Å². The van der Waals surface area contributed by atoms with Crippen LogP contribution in [0.1, 0.15) is 16.8 Å². The van der Waals surface area contributed by atoms with Crippen LogP contribution in [-0.2, 0) is 4.79 Å². The summed E-state index contributed by atoms with van der Waals surface area (Å²) in [6.45, 7) is -0.0416. The fourth-order valence-electron chi connectivity index (χ4n) is 2.05. The van der Waals surface area contributed by atoms with Gasteiger partial charge in [-0.05, 0) is 24.6 Å². The van der Waals surface area contributed by atoms with E-state index in [9.17, 15) is 9.59 Å². The molecule has 1 aromatic carbocycles. The summed E-state index contributed by atoms with van der Waals surface area (Å²) in [7, 11) is 0. The third-order valence-corrected chi connectivity index (χ3v) is 4.13. The maximum Gasteiger partial charge on any atom is 0.311 e. The fraction of sp³-hybridized carbons (Fsp3) is 0.333. The Bertz CT molecular complexity index is 532. The number of nitrogens with two attached hydrogens (primary N) is 1. The summed E-state index contributed by atoms with van der Waals surface area (Å²) in [6.07, 6.45) is 0.276. The van der Waals surface area contributed by atoms with Gasteiger partial charge in [0.1, 0.15) is 0 Å². The van der Waals surface area contributed by atoms with Gasteiger partial charge in [0.05, 0.1) is 15.5 Å². The number of aliphatic carboxylic acids is 1. The van der Waals surface area contributed by atoms with E-state index < -0.39 is 17.3 Å². The molecule has 0 aliphatic heterocycles. The molecule has 2 unspecified atom stereocenters. The summed E-state index contributed by atoms with van der Waals surface area (Å²) in [5, 5.41) is 9.72. The first kappa shape index (κ1) is 13.3. The first-order chi connectivity index (χ1) is 8.42. The first-order valence-corrected chi connectivity index (χ1v) is 6.10. The van der Waals surface area contributed by atoms with Gasteiger partial charge in [-0.15, -0.1) is 0 Å². The molecule has 4 nitrogen and oxygen atoms in total. The van der Waals surface area contributed by atoms with Crippen molar-refractivity contribution >= 4 is 35.0 Å². The van der Waals surface area contributed by atoms with Gasteiger partial charge in [-0.3, -0.25) is 9.59 Å². The van der Waals surface area contributed by atoms with Crippen LogP contribution < -0.4 is 5.73 Å². The van der Waals surface area contributed by atoms with Crippen molar-refractivity contribution in [3.8, 4) is 0 Å². The highest BCUT2D eigenvalue weighted by molar-refractivity contribution is 6.42. The van der Waals surface area contributed by atoms with Crippen molar-refractivity contribution in [3.05, 3.63) is 33.8 Å². The molecular formula is C12H11Cl2NO3. The van der Waals surface area contributed by atoms with Crippen LogP contribution in [0.3, 0.4) is 0 Å². The lowest BCUT2D eigenvalue weighted by atomic mass is 9.98. The lowest BCUT2D eigenvalue weighted by Gasteiger charge is -2.08. The van der Waals surface area contributed by atoms with Crippen LogP contribution in [0.4, 0.5) is 0 Å². The number of rotatable bonds is 4. The minimum absolute atomic E-state index is 0.0416. The summed E-state index contributed by atoms with van der Waals surface area (Å²) in [5.41, 5.74) is 4.71. The zero-order valence-electron chi connectivity index (χ0n) is 9.32. The van der Waals surface area contributed by atoms with Crippen LogP contribution in [-0.4, -0.2) is 23.4 Å². The van der Waals surface area contributed by atoms with Crippen molar-refractivity contribution in [2.45, 2.75) is 6.42 Å². The molecule has 3 N–H and O–H groups in total. The van der Waals surface area contributed by atoms with E-state index in [0.717, 1.165) is 0 Å². The van der Waals surface area contributed by atoms with E-state index in [1.807, 2.05) is 0 Å². The molecule has 0 aromatic heterocycles. The van der Waals surface area contributed by atoms with Gasteiger partial charge in [0.15, 0.2) is 5.78 Å². The molecule has 0 saturated heterocycles. The van der Waals surface area contributed by atoms with Crippen LogP contribution in [0.25, 0.3) is 0 Å². The number of carboxylic acids is 1. The predicted octanol–water partition coefficient (Wildman–Crippen LogP) is 2.23. The van der Waals surface area contributed by atoms with Crippen molar-refractivity contribution in [1.82, 2.24) is 0 Å². The number of carboxylic acid groups (broad SMARTS) is 1. The Hall–Kier alpha value is -1.10. The Morgan fingerprint density at radius 1 is 1.39 bits per heavy atom. The molecule has 0 spiro atoms. The van der Waals surface area contributed by atoms with Crippen LogP contribution in [0.2, 0.25) is 10.0 Å². The number of hydrogen-bond acceptors (Lipinski definition) is 3. The largest absolute Gasteiger partial charge is 0.481 e. The fourth-order valence-corrected chi connectivity index (χ4v) is 2.35. The summed E-state index contributed by atoms with van der Waals surface area (Å²) in [4.78, 5) is 23.2. The Morgan fingerprint density at radius 2 is 2.06 bits per heavy atom. The summed E-state index contributed by atoms with van der Waals surface area (Å²) < 4.78 is 0. The van der Waals surface area contributed by atoms with Gasteiger partial charge in [-0.1, -0.05) is 23.2 Å². The zero-order valence-corrected chi connectivity index (χ0v) is 10.8. The molecular weight excluding hydrogens is 277 g/mol.